The zero-order valence-electron chi connectivity index (χ0n) is 14.7. The summed E-state index contributed by atoms with van der Waals surface area (Å²) in [5.74, 6) is 1.87. The number of hydrogen-bond acceptors (Lipinski definition) is 4. The third kappa shape index (κ3) is 2.86. The number of anilines is 1. The molecule has 6 heteroatoms. The van der Waals surface area contributed by atoms with Gasteiger partial charge in [-0.15, -0.1) is 0 Å². The first kappa shape index (κ1) is 16.3. The van der Waals surface area contributed by atoms with E-state index in [1.807, 2.05) is 35.9 Å². The lowest BCUT2D eigenvalue weighted by molar-refractivity contribution is 0.573. The first-order chi connectivity index (χ1) is 12.2. The van der Waals surface area contributed by atoms with Crippen LogP contribution < -0.4 is 4.90 Å². The molecule has 25 heavy (non-hydrogen) atoms. The number of halogens is 1. The molecule has 3 aromatic rings. The molecule has 130 valence electrons. The molecule has 1 aliphatic heterocycles. The Morgan fingerprint density at radius 1 is 1.08 bits per heavy atom. The van der Waals surface area contributed by atoms with Crippen LogP contribution in [-0.4, -0.2) is 32.8 Å². The molecule has 1 fully saturated rings. The molecule has 0 amide bonds. The Kier molecular flexibility index (Phi) is 4.34. The molecule has 4 rings (SSSR count). The first-order valence-corrected chi connectivity index (χ1v) is 9.33. The predicted molar refractivity (Wildman–Crippen MR) is 102 cm³/mol. The van der Waals surface area contributed by atoms with Gasteiger partial charge in [0, 0.05) is 19.5 Å². The second kappa shape index (κ2) is 6.64. The Bertz CT molecular complexity index is 912. The van der Waals surface area contributed by atoms with Gasteiger partial charge in [-0.1, -0.05) is 30.7 Å². The van der Waals surface area contributed by atoms with Crippen molar-refractivity contribution < 1.29 is 0 Å². The average Bonchev–Trinajstić information content (AvgIpc) is 2.98. The molecule has 0 spiro atoms. The molecule has 5 nitrogen and oxygen atoms in total. The van der Waals surface area contributed by atoms with Crippen LogP contribution in [0.25, 0.3) is 16.7 Å². The predicted octanol–water partition coefficient (Wildman–Crippen LogP) is 4.33. The Labute approximate surface area is 152 Å². The Morgan fingerprint density at radius 2 is 1.84 bits per heavy atom. The summed E-state index contributed by atoms with van der Waals surface area (Å²) in [4.78, 5) is 12.0. The van der Waals surface area contributed by atoms with E-state index in [4.69, 9.17) is 26.7 Å². The fraction of sp³-hybridized carbons (Fsp3) is 0.421. The van der Waals surface area contributed by atoms with E-state index in [9.17, 15) is 0 Å². The fourth-order valence-corrected chi connectivity index (χ4v) is 3.71. The number of fused-ring (bicyclic) bond motifs is 1. The number of hydrogen-bond donors (Lipinski definition) is 0. The number of aryl methyl sites for hydroxylation is 2. The Hall–Kier alpha value is -2.14. The van der Waals surface area contributed by atoms with E-state index in [0.29, 0.717) is 5.02 Å². The molecule has 0 atom stereocenters. The number of para-hydroxylation sites is 1. The number of nitrogens with zero attached hydrogens (tertiary/aromatic N) is 5. The van der Waals surface area contributed by atoms with Crippen LogP contribution in [0.4, 0.5) is 5.82 Å². The highest BCUT2D eigenvalue weighted by molar-refractivity contribution is 6.32. The van der Waals surface area contributed by atoms with Crippen LogP contribution in [0.2, 0.25) is 5.02 Å². The largest absolute Gasteiger partial charge is 0.356 e. The van der Waals surface area contributed by atoms with Gasteiger partial charge in [-0.25, -0.2) is 14.6 Å². The van der Waals surface area contributed by atoms with Gasteiger partial charge >= 0.3 is 0 Å². The molecule has 0 radical (unpaired) electrons. The highest BCUT2D eigenvalue weighted by Crippen LogP contribution is 2.32. The highest BCUT2D eigenvalue weighted by Gasteiger charge is 2.22. The van der Waals surface area contributed by atoms with Gasteiger partial charge in [0.05, 0.1) is 21.8 Å². The van der Waals surface area contributed by atoms with Crippen LogP contribution in [-0.2, 0) is 6.42 Å². The summed E-state index contributed by atoms with van der Waals surface area (Å²) in [6.45, 7) is 6.21. The van der Waals surface area contributed by atoms with Crippen LogP contribution >= 0.6 is 11.6 Å². The SMILES string of the molecule is CCc1nc(N2CCCCC2)c2c(C)nn(-c3ccccc3Cl)c2n1. The zero-order chi connectivity index (χ0) is 17.4. The van der Waals surface area contributed by atoms with E-state index in [0.717, 1.165) is 53.6 Å². The van der Waals surface area contributed by atoms with Crippen molar-refractivity contribution in [3.05, 3.63) is 40.8 Å². The standard InChI is InChI=1S/C19H22ClN5/c1-3-16-21-18(24-11-7-4-8-12-24)17-13(2)23-25(19(17)22-16)15-10-6-5-9-14(15)20/h5-6,9-10H,3-4,7-8,11-12H2,1-2H3. The Morgan fingerprint density at radius 3 is 2.56 bits per heavy atom. The molecule has 1 aliphatic rings. The number of rotatable bonds is 3. The van der Waals surface area contributed by atoms with Gasteiger partial charge < -0.3 is 4.90 Å². The number of aromatic nitrogens is 4. The maximum atomic E-state index is 6.42. The minimum Gasteiger partial charge on any atom is -0.356 e. The van der Waals surface area contributed by atoms with Crippen LogP contribution in [0.15, 0.2) is 24.3 Å². The van der Waals surface area contributed by atoms with Gasteiger partial charge in [-0.05, 0) is 38.3 Å². The fourth-order valence-electron chi connectivity index (χ4n) is 3.49. The maximum Gasteiger partial charge on any atom is 0.169 e. The van der Waals surface area contributed by atoms with Crippen molar-refractivity contribution in [2.24, 2.45) is 0 Å². The minimum atomic E-state index is 0.670. The molecule has 1 aromatic carbocycles. The summed E-state index contributed by atoms with van der Waals surface area (Å²) in [5, 5.41) is 6.47. The molecule has 0 N–H and O–H groups in total. The highest BCUT2D eigenvalue weighted by atomic mass is 35.5. The summed E-state index contributed by atoms with van der Waals surface area (Å²) < 4.78 is 1.86. The van der Waals surface area contributed by atoms with Crippen molar-refractivity contribution in [3.63, 3.8) is 0 Å². The van der Waals surface area contributed by atoms with E-state index in [2.05, 4.69) is 11.8 Å². The second-order valence-corrected chi connectivity index (χ2v) is 6.92. The molecule has 3 heterocycles. The van der Waals surface area contributed by atoms with Crippen molar-refractivity contribution in [3.8, 4) is 5.69 Å². The molecular formula is C19H22ClN5. The minimum absolute atomic E-state index is 0.670. The molecular weight excluding hydrogens is 334 g/mol. The normalized spacial score (nSPS) is 15.1. The molecule has 0 aliphatic carbocycles. The summed E-state index contributed by atoms with van der Waals surface area (Å²) in [5.41, 5.74) is 2.64. The summed E-state index contributed by atoms with van der Waals surface area (Å²) >= 11 is 6.42. The van der Waals surface area contributed by atoms with E-state index < -0.39 is 0 Å². The lowest BCUT2D eigenvalue weighted by Crippen LogP contribution is -2.30. The second-order valence-electron chi connectivity index (χ2n) is 6.51. The van der Waals surface area contributed by atoms with Crippen LogP contribution in [0.5, 0.6) is 0 Å². The molecule has 2 aromatic heterocycles. The van der Waals surface area contributed by atoms with Crippen molar-refractivity contribution in [2.75, 3.05) is 18.0 Å². The van der Waals surface area contributed by atoms with Gasteiger partial charge in [0.25, 0.3) is 0 Å². The summed E-state index contributed by atoms with van der Waals surface area (Å²) in [7, 11) is 0. The van der Waals surface area contributed by atoms with Crippen molar-refractivity contribution in [1.82, 2.24) is 19.7 Å². The van der Waals surface area contributed by atoms with E-state index in [1.54, 1.807) is 0 Å². The number of piperidine rings is 1. The van der Waals surface area contributed by atoms with Crippen LogP contribution in [0, 0.1) is 6.92 Å². The molecule has 0 unspecified atom stereocenters. The molecule has 1 saturated heterocycles. The Balaban J connectivity index is 1.97. The van der Waals surface area contributed by atoms with Gasteiger partial charge in [0.2, 0.25) is 0 Å². The summed E-state index contributed by atoms with van der Waals surface area (Å²) in [6.07, 6.45) is 4.52. The monoisotopic (exact) mass is 355 g/mol. The summed E-state index contributed by atoms with van der Waals surface area (Å²) in [6, 6.07) is 7.75. The maximum absolute atomic E-state index is 6.42. The van der Waals surface area contributed by atoms with Crippen LogP contribution in [0.3, 0.4) is 0 Å². The molecule has 0 saturated carbocycles. The molecule has 0 bridgehead atoms. The topological polar surface area (TPSA) is 46.8 Å². The van der Waals surface area contributed by atoms with E-state index >= 15 is 0 Å². The van der Waals surface area contributed by atoms with Crippen molar-refractivity contribution in [2.45, 2.75) is 39.5 Å². The first-order valence-electron chi connectivity index (χ1n) is 8.95. The smallest absolute Gasteiger partial charge is 0.169 e. The van der Waals surface area contributed by atoms with Crippen molar-refractivity contribution >= 4 is 28.5 Å². The number of benzene rings is 1. The van der Waals surface area contributed by atoms with Gasteiger partial charge in [0.15, 0.2) is 5.65 Å². The van der Waals surface area contributed by atoms with Gasteiger partial charge in [-0.3, -0.25) is 0 Å². The van der Waals surface area contributed by atoms with Gasteiger partial charge in [-0.2, -0.15) is 5.10 Å². The third-order valence-corrected chi connectivity index (χ3v) is 5.10. The van der Waals surface area contributed by atoms with Crippen molar-refractivity contribution in [1.29, 1.82) is 0 Å². The quantitative estimate of drug-likeness (QED) is 0.701. The van der Waals surface area contributed by atoms with E-state index in [1.165, 1.54) is 19.3 Å². The van der Waals surface area contributed by atoms with Crippen LogP contribution in [0.1, 0.15) is 37.7 Å². The zero-order valence-corrected chi connectivity index (χ0v) is 15.4. The lowest BCUT2D eigenvalue weighted by Gasteiger charge is -2.28. The third-order valence-electron chi connectivity index (χ3n) is 4.78. The lowest BCUT2D eigenvalue weighted by atomic mass is 10.1. The van der Waals surface area contributed by atoms with Gasteiger partial charge in [0.1, 0.15) is 11.6 Å². The van der Waals surface area contributed by atoms with E-state index in [-0.39, 0.29) is 0 Å². The average molecular weight is 356 g/mol.